The Bertz CT molecular complexity index is 270. The van der Waals surface area contributed by atoms with Crippen LogP contribution in [0.5, 0.6) is 0 Å². The Labute approximate surface area is 97.4 Å². The number of carbonyl (C=O) groups excluding carboxylic acids is 1. The molecule has 1 rings (SSSR count). The summed E-state index contributed by atoms with van der Waals surface area (Å²) in [6.07, 6.45) is 0. The lowest BCUT2D eigenvalue weighted by molar-refractivity contribution is 0.0780. The number of alkyl halides is 2. The molecule has 0 aliphatic heterocycles. The minimum absolute atomic E-state index is 0.0151. The quantitative estimate of drug-likeness (QED) is 0.738. The Morgan fingerprint density at radius 3 is 2.43 bits per heavy atom. The third kappa shape index (κ3) is 3.15. The molecule has 0 radical (unpaired) electrons. The highest BCUT2D eigenvalue weighted by Gasteiger charge is 2.14. The molecule has 0 atom stereocenters. The molecule has 0 aliphatic rings. The second-order valence-corrected chi connectivity index (χ2v) is 4.35. The minimum Gasteiger partial charge on any atom is -0.336 e. The molecule has 1 heterocycles. The number of rotatable bonds is 5. The van der Waals surface area contributed by atoms with E-state index < -0.39 is 0 Å². The fourth-order valence-corrected chi connectivity index (χ4v) is 2.17. The smallest absolute Gasteiger partial charge is 0.263 e. The predicted octanol–water partition coefficient (Wildman–Crippen LogP) is 2.67. The van der Waals surface area contributed by atoms with Gasteiger partial charge in [-0.05, 0) is 11.4 Å². The second-order valence-electron chi connectivity index (χ2n) is 2.65. The van der Waals surface area contributed by atoms with E-state index in [1.807, 2.05) is 17.5 Å². The van der Waals surface area contributed by atoms with Crippen LogP contribution in [0, 0.1) is 0 Å². The number of hydrogen-bond acceptors (Lipinski definition) is 2. The van der Waals surface area contributed by atoms with Gasteiger partial charge in [0.1, 0.15) is 0 Å². The first-order valence-corrected chi connectivity index (χ1v) is 6.19. The Morgan fingerprint density at radius 1 is 1.36 bits per heavy atom. The van der Waals surface area contributed by atoms with Crippen molar-refractivity contribution in [2.45, 2.75) is 0 Å². The van der Waals surface area contributed by atoms with Crippen molar-refractivity contribution in [1.82, 2.24) is 4.90 Å². The van der Waals surface area contributed by atoms with E-state index in [-0.39, 0.29) is 5.91 Å². The van der Waals surface area contributed by atoms with Gasteiger partial charge in [0.25, 0.3) is 5.91 Å². The molecule has 5 heteroatoms. The molecule has 0 unspecified atom stereocenters. The normalized spacial score (nSPS) is 10.1. The van der Waals surface area contributed by atoms with Gasteiger partial charge in [-0.25, -0.2) is 0 Å². The third-order valence-electron chi connectivity index (χ3n) is 1.73. The highest BCUT2D eigenvalue weighted by molar-refractivity contribution is 7.12. The van der Waals surface area contributed by atoms with E-state index in [1.165, 1.54) is 11.3 Å². The molecule has 1 amide bonds. The van der Waals surface area contributed by atoms with Gasteiger partial charge in [-0.2, -0.15) is 0 Å². The molecule has 0 saturated carbocycles. The number of hydrogen-bond donors (Lipinski definition) is 0. The van der Waals surface area contributed by atoms with Gasteiger partial charge in [-0.1, -0.05) is 6.07 Å². The van der Waals surface area contributed by atoms with Gasteiger partial charge in [-0.3, -0.25) is 4.79 Å². The van der Waals surface area contributed by atoms with E-state index in [2.05, 4.69) is 0 Å². The number of thiophene rings is 1. The Balaban J connectivity index is 2.63. The van der Waals surface area contributed by atoms with Gasteiger partial charge in [0.15, 0.2) is 0 Å². The van der Waals surface area contributed by atoms with Crippen molar-refractivity contribution >= 4 is 40.4 Å². The SMILES string of the molecule is O=C(c1cccs1)N(CCCl)CCCl. The standard InChI is InChI=1S/C9H11Cl2NOS/c10-3-5-12(6-4-11)9(13)8-2-1-7-14-8/h1-2,7H,3-6H2. The van der Waals surface area contributed by atoms with Crippen LogP contribution < -0.4 is 0 Å². The molecule has 0 bridgehead atoms. The van der Waals surface area contributed by atoms with E-state index in [0.717, 1.165) is 4.88 Å². The van der Waals surface area contributed by atoms with Crippen LogP contribution in [-0.2, 0) is 0 Å². The summed E-state index contributed by atoms with van der Waals surface area (Å²) < 4.78 is 0. The van der Waals surface area contributed by atoms with Gasteiger partial charge in [0.05, 0.1) is 4.88 Å². The molecule has 0 aliphatic carbocycles. The average molecular weight is 252 g/mol. The molecule has 0 saturated heterocycles. The number of halogens is 2. The first-order chi connectivity index (χ1) is 6.79. The van der Waals surface area contributed by atoms with Crippen LogP contribution in [0.2, 0.25) is 0 Å². The van der Waals surface area contributed by atoms with Crippen molar-refractivity contribution < 1.29 is 4.79 Å². The van der Waals surface area contributed by atoms with Crippen LogP contribution in [0.4, 0.5) is 0 Å². The molecule has 2 nitrogen and oxygen atoms in total. The van der Waals surface area contributed by atoms with Crippen molar-refractivity contribution in [3.63, 3.8) is 0 Å². The van der Waals surface area contributed by atoms with Gasteiger partial charge in [0.2, 0.25) is 0 Å². The number of nitrogens with zero attached hydrogens (tertiary/aromatic N) is 1. The van der Waals surface area contributed by atoms with Gasteiger partial charge >= 0.3 is 0 Å². The van der Waals surface area contributed by atoms with E-state index >= 15 is 0 Å². The van der Waals surface area contributed by atoms with E-state index in [9.17, 15) is 4.79 Å². The molecular weight excluding hydrogens is 241 g/mol. The topological polar surface area (TPSA) is 20.3 Å². The molecular formula is C9H11Cl2NOS. The third-order valence-corrected chi connectivity index (χ3v) is 2.92. The zero-order valence-electron chi connectivity index (χ0n) is 7.58. The van der Waals surface area contributed by atoms with Crippen LogP contribution in [-0.4, -0.2) is 35.7 Å². The van der Waals surface area contributed by atoms with Crippen molar-refractivity contribution in [2.24, 2.45) is 0 Å². The van der Waals surface area contributed by atoms with Crippen LogP contribution in [0.3, 0.4) is 0 Å². The summed E-state index contributed by atoms with van der Waals surface area (Å²) in [5, 5.41) is 1.88. The maximum atomic E-state index is 11.8. The van der Waals surface area contributed by atoms with Gasteiger partial charge in [0, 0.05) is 24.8 Å². The summed E-state index contributed by atoms with van der Waals surface area (Å²) >= 11 is 12.6. The Morgan fingerprint density at radius 2 is 2.00 bits per heavy atom. The maximum absolute atomic E-state index is 11.8. The fourth-order valence-electron chi connectivity index (χ4n) is 1.08. The highest BCUT2D eigenvalue weighted by Crippen LogP contribution is 2.12. The highest BCUT2D eigenvalue weighted by atomic mass is 35.5. The molecule has 1 aromatic rings. The van der Waals surface area contributed by atoms with Crippen molar-refractivity contribution in [3.05, 3.63) is 22.4 Å². The summed E-state index contributed by atoms with van der Waals surface area (Å²) in [7, 11) is 0. The van der Waals surface area contributed by atoms with Crippen LogP contribution in [0.1, 0.15) is 9.67 Å². The number of amides is 1. The molecule has 0 spiro atoms. The summed E-state index contributed by atoms with van der Waals surface area (Å²) in [4.78, 5) is 14.2. The Kier molecular flexibility index (Phi) is 5.30. The predicted molar refractivity (Wildman–Crippen MR) is 61.7 cm³/mol. The summed E-state index contributed by atoms with van der Waals surface area (Å²) in [5.41, 5.74) is 0. The molecule has 1 aromatic heterocycles. The Hall–Kier alpha value is -0.250. The summed E-state index contributed by atoms with van der Waals surface area (Å²) in [5.74, 6) is 0.892. The lowest BCUT2D eigenvalue weighted by atomic mass is 10.4. The number of carbonyl (C=O) groups is 1. The molecule has 0 fully saturated rings. The zero-order valence-corrected chi connectivity index (χ0v) is 9.91. The van der Waals surface area contributed by atoms with Crippen molar-refractivity contribution in [3.8, 4) is 0 Å². The lowest BCUT2D eigenvalue weighted by Crippen LogP contribution is -2.33. The molecule has 0 N–H and O–H groups in total. The van der Waals surface area contributed by atoms with Crippen molar-refractivity contribution in [2.75, 3.05) is 24.8 Å². The van der Waals surface area contributed by atoms with Gasteiger partial charge < -0.3 is 4.90 Å². The second kappa shape index (κ2) is 6.27. The fraction of sp³-hybridized carbons (Fsp3) is 0.444. The molecule has 78 valence electrons. The molecule has 0 aromatic carbocycles. The lowest BCUT2D eigenvalue weighted by Gasteiger charge is -2.19. The molecule has 14 heavy (non-hydrogen) atoms. The van der Waals surface area contributed by atoms with Gasteiger partial charge in [-0.15, -0.1) is 34.5 Å². The van der Waals surface area contributed by atoms with Crippen LogP contribution in [0.15, 0.2) is 17.5 Å². The minimum atomic E-state index is 0.0151. The maximum Gasteiger partial charge on any atom is 0.263 e. The summed E-state index contributed by atoms with van der Waals surface area (Å²) in [6, 6.07) is 3.67. The van der Waals surface area contributed by atoms with E-state index in [1.54, 1.807) is 4.90 Å². The van der Waals surface area contributed by atoms with E-state index in [0.29, 0.717) is 24.8 Å². The van der Waals surface area contributed by atoms with Crippen molar-refractivity contribution in [1.29, 1.82) is 0 Å². The average Bonchev–Trinajstić information content (AvgIpc) is 2.69. The van der Waals surface area contributed by atoms with Crippen LogP contribution in [0.25, 0.3) is 0 Å². The van der Waals surface area contributed by atoms with E-state index in [4.69, 9.17) is 23.2 Å². The first-order valence-electron chi connectivity index (χ1n) is 4.24. The van der Waals surface area contributed by atoms with Crippen LogP contribution >= 0.6 is 34.5 Å². The largest absolute Gasteiger partial charge is 0.336 e. The zero-order chi connectivity index (χ0) is 10.4. The monoisotopic (exact) mass is 251 g/mol. The first kappa shape index (κ1) is 11.8. The summed E-state index contributed by atoms with van der Waals surface area (Å²) in [6.45, 7) is 1.09.